The second-order valence-electron chi connectivity index (χ2n) is 1.99. The first-order valence-corrected chi connectivity index (χ1v) is 6.24. The van der Waals surface area contributed by atoms with E-state index in [1.54, 1.807) is 6.92 Å². The number of ether oxygens (including phenoxy) is 1. The maximum absolute atomic E-state index is 8.74. The fourth-order valence-electron chi connectivity index (χ4n) is 0.204. The van der Waals surface area contributed by atoms with E-state index >= 15 is 0 Å². The van der Waals surface area contributed by atoms with Crippen LogP contribution in [-0.4, -0.2) is 65.9 Å². The van der Waals surface area contributed by atoms with Gasteiger partial charge in [0, 0.05) is 19.8 Å². The Kier molecular flexibility index (Phi) is 53.1. The molecule has 18 heavy (non-hydrogen) atoms. The SMILES string of the molecule is CCO.CCOCC.O=S(=O)(O)O.OCCO.[H-].[Na+]. The molecule has 0 aliphatic heterocycles. The first-order chi connectivity index (χ1) is 7.74. The van der Waals surface area contributed by atoms with Gasteiger partial charge in [-0.25, -0.2) is 0 Å². The molecule has 0 saturated carbocycles. The Morgan fingerprint density at radius 3 is 1.11 bits per heavy atom. The molecule has 0 heterocycles. The predicted molar refractivity (Wildman–Crippen MR) is 64.4 cm³/mol. The third-order valence-electron chi connectivity index (χ3n) is 0.508. The van der Waals surface area contributed by atoms with Gasteiger partial charge in [-0.15, -0.1) is 0 Å². The van der Waals surface area contributed by atoms with Gasteiger partial charge in [0.15, 0.2) is 0 Å². The molecule has 0 aliphatic carbocycles. The summed E-state index contributed by atoms with van der Waals surface area (Å²) in [5.41, 5.74) is 0. The summed E-state index contributed by atoms with van der Waals surface area (Å²) in [4.78, 5) is 0. The van der Waals surface area contributed by atoms with E-state index in [-0.39, 0.29) is 50.8 Å². The third kappa shape index (κ3) is 300. The average Bonchev–Trinajstić information content (AvgIpc) is 2.18. The molecule has 0 fully saturated rings. The van der Waals surface area contributed by atoms with Gasteiger partial charge < -0.3 is 21.5 Å². The molecule has 112 valence electrons. The molecule has 0 aliphatic rings. The van der Waals surface area contributed by atoms with Gasteiger partial charge in [0.2, 0.25) is 0 Å². The molecule has 0 aromatic rings. The molecular weight excluding hydrogens is 279 g/mol. The van der Waals surface area contributed by atoms with Crippen LogP contribution in [0.2, 0.25) is 0 Å². The van der Waals surface area contributed by atoms with Gasteiger partial charge in [-0.2, -0.15) is 8.42 Å². The van der Waals surface area contributed by atoms with Crippen molar-refractivity contribution < 1.29 is 68.6 Å². The summed E-state index contributed by atoms with van der Waals surface area (Å²) in [6.45, 7) is 7.35. The van der Waals surface area contributed by atoms with E-state index in [1.165, 1.54) is 0 Å². The number of aliphatic hydroxyl groups excluding tert-OH is 3. The van der Waals surface area contributed by atoms with E-state index in [0.29, 0.717) is 0 Å². The molecule has 0 aromatic heterocycles. The number of hydrogen-bond acceptors (Lipinski definition) is 6. The zero-order valence-electron chi connectivity index (χ0n) is 12.4. The van der Waals surface area contributed by atoms with E-state index < -0.39 is 10.4 Å². The van der Waals surface area contributed by atoms with Crippen molar-refractivity contribution in [1.29, 1.82) is 0 Å². The Morgan fingerprint density at radius 2 is 1.11 bits per heavy atom. The number of aliphatic hydroxyl groups is 3. The molecule has 10 heteroatoms. The summed E-state index contributed by atoms with van der Waals surface area (Å²) < 4.78 is 36.4. The molecule has 0 rings (SSSR count). The summed E-state index contributed by atoms with van der Waals surface area (Å²) in [6.07, 6.45) is 0. The number of rotatable bonds is 3. The molecule has 0 radical (unpaired) electrons. The van der Waals surface area contributed by atoms with Crippen molar-refractivity contribution in [1.82, 2.24) is 0 Å². The van der Waals surface area contributed by atoms with Crippen molar-refractivity contribution in [2.45, 2.75) is 20.8 Å². The second kappa shape index (κ2) is 30.6. The topological polar surface area (TPSA) is 145 Å². The smallest absolute Gasteiger partial charge is 1.00 e. The Balaban J connectivity index is -0.0000000291. The van der Waals surface area contributed by atoms with E-state index in [2.05, 4.69) is 0 Å². The van der Waals surface area contributed by atoms with Crippen molar-refractivity contribution in [3.05, 3.63) is 0 Å². The van der Waals surface area contributed by atoms with Gasteiger partial charge in [-0.3, -0.25) is 9.11 Å². The minimum atomic E-state index is -4.67. The van der Waals surface area contributed by atoms with Crippen LogP contribution in [0.25, 0.3) is 0 Å². The molecule has 0 unspecified atom stereocenters. The summed E-state index contributed by atoms with van der Waals surface area (Å²) in [5, 5.41) is 22.8. The average molecular weight is 304 g/mol. The Labute approximate surface area is 132 Å². The first kappa shape index (κ1) is 31.2. The quantitative estimate of drug-likeness (QED) is 0.266. The second-order valence-corrected chi connectivity index (χ2v) is 2.89. The summed E-state index contributed by atoms with van der Waals surface area (Å²) in [5.74, 6) is 0. The zero-order valence-corrected chi connectivity index (χ0v) is 14.2. The van der Waals surface area contributed by atoms with E-state index in [1.807, 2.05) is 13.8 Å². The summed E-state index contributed by atoms with van der Waals surface area (Å²) in [6, 6.07) is 0. The van der Waals surface area contributed by atoms with Crippen molar-refractivity contribution in [3.63, 3.8) is 0 Å². The standard InChI is InChI=1S/C4H10O.C2H6O2.C2H6O.Na.H2O4S.H/c1-3-5-4-2;3-1-2-4;1-2-3;;1-5(2,3)4;/h3-4H2,1-2H3;3-4H,1-2H2;3H,2H2,1H3;;(H2,1,2,3,4);/q;;;+1;;-1. The first-order valence-electron chi connectivity index (χ1n) is 4.85. The van der Waals surface area contributed by atoms with E-state index in [9.17, 15) is 0 Å². The Bertz CT molecular complexity index is 179. The van der Waals surface area contributed by atoms with Crippen molar-refractivity contribution in [2.24, 2.45) is 0 Å². The van der Waals surface area contributed by atoms with Crippen LogP contribution >= 0.6 is 0 Å². The monoisotopic (exact) mass is 304 g/mol. The van der Waals surface area contributed by atoms with E-state index in [4.69, 9.17) is 37.6 Å². The van der Waals surface area contributed by atoms with Crippen LogP contribution in [0.15, 0.2) is 0 Å². The van der Waals surface area contributed by atoms with Crippen LogP contribution < -0.4 is 29.6 Å². The molecule has 5 N–H and O–H groups in total. The van der Waals surface area contributed by atoms with Crippen LogP contribution in [0.4, 0.5) is 0 Å². The fourth-order valence-corrected chi connectivity index (χ4v) is 0.204. The van der Waals surface area contributed by atoms with Gasteiger partial charge >= 0.3 is 40.0 Å². The van der Waals surface area contributed by atoms with Crippen LogP contribution in [0.3, 0.4) is 0 Å². The van der Waals surface area contributed by atoms with Gasteiger partial charge in [0.05, 0.1) is 13.2 Å². The molecule has 0 amide bonds. The summed E-state index contributed by atoms with van der Waals surface area (Å²) >= 11 is 0. The van der Waals surface area contributed by atoms with Gasteiger partial charge in [0.25, 0.3) is 0 Å². The maximum Gasteiger partial charge on any atom is 1.00 e. The molecule has 0 atom stereocenters. The fraction of sp³-hybridized carbons (Fsp3) is 1.00. The normalized spacial score (nSPS) is 8.22. The molecule has 0 spiro atoms. The van der Waals surface area contributed by atoms with Gasteiger partial charge in [0.1, 0.15) is 0 Å². The van der Waals surface area contributed by atoms with Crippen LogP contribution in [0, 0.1) is 0 Å². The van der Waals surface area contributed by atoms with Crippen LogP contribution in [-0.2, 0) is 15.1 Å². The predicted octanol–water partition coefficient (Wildman–Crippen LogP) is -3.52. The van der Waals surface area contributed by atoms with E-state index in [0.717, 1.165) is 13.2 Å². The van der Waals surface area contributed by atoms with Crippen molar-refractivity contribution >= 4 is 10.4 Å². The zero-order chi connectivity index (χ0) is 14.7. The molecule has 0 saturated heterocycles. The molecule has 8 nitrogen and oxygen atoms in total. The Morgan fingerprint density at radius 1 is 0.944 bits per heavy atom. The van der Waals surface area contributed by atoms with Gasteiger partial charge in [-0.1, -0.05) is 0 Å². The van der Waals surface area contributed by atoms with Crippen molar-refractivity contribution in [2.75, 3.05) is 33.0 Å². The summed E-state index contributed by atoms with van der Waals surface area (Å²) in [7, 11) is -4.67. The van der Waals surface area contributed by atoms with Crippen LogP contribution in [0.1, 0.15) is 22.2 Å². The maximum atomic E-state index is 8.74. The molecule has 0 bridgehead atoms. The number of hydrogen-bond donors (Lipinski definition) is 5. The van der Waals surface area contributed by atoms with Crippen molar-refractivity contribution in [3.8, 4) is 0 Å². The van der Waals surface area contributed by atoms with Crippen LogP contribution in [0.5, 0.6) is 0 Å². The largest absolute Gasteiger partial charge is 1.00 e. The molecule has 0 aromatic carbocycles. The minimum Gasteiger partial charge on any atom is -1.00 e. The minimum absolute atomic E-state index is 0. The molecular formula is C8H25NaO8S. The third-order valence-corrected chi connectivity index (χ3v) is 0.508. The van der Waals surface area contributed by atoms with Gasteiger partial charge in [-0.05, 0) is 20.8 Å². The Hall–Kier alpha value is 0.710.